The SMILES string of the molecule is Cc1cc(C)n(-c2ccc(CCC(=O)N3CCN(C(=O)OC(C)(C)C)CC3C)cc2)n1. The molecule has 7 heteroatoms. The molecule has 1 fully saturated rings. The Morgan fingerprint density at radius 3 is 2.35 bits per heavy atom. The minimum atomic E-state index is -0.516. The van der Waals surface area contributed by atoms with E-state index in [0.717, 1.165) is 22.6 Å². The van der Waals surface area contributed by atoms with Crippen LogP contribution in [-0.2, 0) is 16.0 Å². The monoisotopic (exact) mass is 426 g/mol. The topological polar surface area (TPSA) is 67.7 Å². The number of hydrogen-bond acceptors (Lipinski definition) is 4. The Hall–Kier alpha value is -2.83. The second-order valence-corrected chi connectivity index (χ2v) is 9.37. The van der Waals surface area contributed by atoms with Gasteiger partial charge in [-0.3, -0.25) is 4.79 Å². The van der Waals surface area contributed by atoms with Gasteiger partial charge in [0, 0.05) is 37.8 Å². The summed E-state index contributed by atoms with van der Waals surface area (Å²) in [5, 5.41) is 4.51. The fourth-order valence-corrected chi connectivity index (χ4v) is 3.91. The molecule has 3 rings (SSSR count). The fraction of sp³-hybridized carbons (Fsp3) is 0.542. The largest absolute Gasteiger partial charge is 0.444 e. The first kappa shape index (κ1) is 22.8. The Morgan fingerprint density at radius 1 is 1.13 bits per heavy atom. The van der Waals surface area contributed by atoms with Crippen LogP contribution in [0.4, 0.5) is 4.79 Å². The van der Waals surface area contributed by atoms with Gasteiger partial charge in [-0.25, -0.2) is 9.48 Å². The van der Waals surface area contributed by atoms with Crippen molar-refractivity contribution in [1.29, 1.82) is 0 Å². The van der Waals surface area contributed by atoms with E-state index in [0.29, 0.717) is 32.5 Å². The number of piperazine rings is 1. The Morgan fingerprint density at radius 2 is 1.81 bits per heavy atom. The third-order valence-electron chi connectivity index (χ3n) is 5.42. The average Bonchev–Trinajstić information content (AvgIpc) is 3.03. The number of aromatic nitrogens is 2. The molecule has 1 aromatic heterocycles. The highest BCUT2D eigenvalue weighted by Crippen LogP contribution is 2.18. The molecule has 1 unspecified atom stereocenters. The number of benzene rings is 1. The molecule has 0 radical (unpaired) electrons. The van der Waals surface area contributed by atoms with Crippen molar-refractivity contribution in [2.75, 3.05) is 19.6 Å². The number of aryl methyl sites for hydroxylation is 3. The maximum atomic E-state index is 12.8. The standard InChI is InChI=1S/C24H34N4O3/c1-17-15-18(2)28(25-17)21-10-7-20(8-11-21)9-12-22(29)27-14-13-26(16-19(27)3)23(30)31-24(4,5)6/h7-8,10-11,15,19H,9,12-14,16H2,1-6H3. The molecule has 0 spiro atoms. The van der Waals surface area contributed by atoms with Crippen LogP contribution in [0.25, 0.3) is 5.69 Å². The second-order valence-electron chi connectivity index (χ2n) is 9.37. The Bertz CT molecular complexity index is 927. The summed E-state index contributed by atoms with van der Waals surface area (Å²) in [7, 11) is 0. The maximum Gasteiger partial charge on any atom is 0.410 e. The van der Waals surface area contributed by atoms with Crippen molar-refractivity contribution in [3.8, 4) is 5.69 Å². The molecular weight excluding hydrogens is 392 g/mol. The van der Waals surface area contributed by atoms with Crippen molar-refractivity contribution >= 4 is 12.0 Å². The number of rotatable bonds is 4. The molecule has 1 atom stereocenters. The first-order valence-corrected chi connectivity index (χ1v) is 10.9. The van der Waals surface area contributed by atoms with Gasteiger partial charge in [0.25, 0.3) is 0 Å². The molecule has 0 N–H and O–H groups in total. The number of carbonyl (C=O) groups excluding carboxylic acids is 2. The van der Waals surface area contributed by atoms with Gasteiger partial charge in [-0.05, 0) is 71.7 Å². The zero-order chi connectivity index (χ0) is 22.8. The van der Waals surface area contributed by atoms with Crippen molar-refractivity contribution in [3.63, 3.8) is 0 Å². The summed E-state index contributed by atoms with van der Waals surface area (Å²) in [5.41, 5.74) is 3.72. The van der Waals surface area contributed by atoms with E-state index in [1.54, 1.807) is 4.90 Å². The third kappa shape index (κ3) is 5.87. The lowest BCUT2D eigenvalue weighted by atomic mass is 10.1. The van der Waals surface area contributed by atoms with E-state index < -0.39 is 5.60 Å². The van der Waals surface area contributed by atoms with Gasteiger partial charge in [-0.1, -0.05) is 12.1 Å². The first-order chi connectivity index (χ1) is 14.5. The van der Waals surface area contributed by atoms with E-state index in [1.165, 1.54) is 0 Å². The molecule has 1 saturated heterocycles. The molecule has 0 saturated carbocycles. The van der Waals surface area contributed by atoms with Gasteiger partial charge >= 0.3 is 6.09 Å². The summed E-state index contributed by atoms with van der Waals surface area (Å²) in [6, 6.07) is 10.2. The molecule has 0 aliphatic carbocycles. The summed E-state index contributed by atoms with van der Waals surface area (Å²) >= 11 is 0. The van der Waals surface area contributed by atoms with E-state index in [-0.39, 0.29) is 18.0 Å². The van der Waals surface area contributed by atoms with Crippen LogP contribution >= 0.6 is 0 Å². The van der Waals surface area contributed by atoms with Crippen LogP contribution in [0.5, 0.6) is 0 Å². The van der Waals surface area contributed by atoms with Crippen LogP contribution in [0.3, 0.4) is 0 Å². The van der Waals surface area contributed by atoms with Gasteiger partial charge in [0.1, 0.15) is 5.60 Å². The summed E-state index contributed by atoms with van der Waals surface area (Å²) in [6.07, 6.45) is 0.833. The molecule has 168 valence electrons. The average molecular weight is 427 g/mol. The van der Waals surface area contributed by atoms with E-state index in [1.807, 2.05) is 63.3 Å². The normalized spacial score (nSPS) is 17.0. The molecule has 1 aromatic carbocycles. The number of amides is 2. The van der Waals surface area contributed by atoms with Gasteiger partial charge in [0.05, 0.1) is 11.4 Å². The highest BCUT2D eigenvalue weighted by molar-refractivity contribution is 5.77. The van der Waals surface area contributed by atoms with Gasteiger partial charge in [-0.15, -0.1) is 0 Å². The highest BCUT2D eigenvalue weighted by Gasteiger charge is 2.31. The fourth-order valence-electron chi connectivity index (χ4n) is 3.91. The molecule has 2 aromatic rings. The summed E-state index contributed by atoms with van der Waals surface area (Å²) in [4.78, 5) is 28.7. The summed E-state index contributed by atoms with van der Waals surface area (Å²) in [5.74, 6) is 0.124. The van der Waals surface area contributed by atoms with Crippen molar-refractivity contribution in [1.82, 2.24) is 19.6 Å². The van der Waals surface area contributed by atoms with Gasteiger partial charge in [0.2, 0.25) is 5.91 Å². The zero-order valence-corrected chi connectivity index (χ0v) is 19.5. The molecule has 1 aliphatic heterocycles. The Labute approximate surface area is 185 Å². The Kier molecular flexibility index (Phi) is 6.72. The quantitative estimate of drug-likeness (QED) is 0.744. The van der Waals surface area contributed by atoms with Crippen LogP contribution in [0.15, 0.2) is 30.3 Å². The van der Waals surface area contributed by atoms with Crippen molar-refractivity contribution < 1.29 is 14.3 Å². The predicted molar refractivity (Wildman–Crippen MR) is 120 cm³/mol. The minimum Gasteiger partial charge on any atom is -0.444 e. The van der Waals surface area contributed by atoms with Gasteiger partial charge in [0.15, 0.2) is 0 Å². The van der Waals surface area contributed by atoms with Crippen molar-refractivity contribution in [3.05, 3.63) is 47.3 Å². The van der Waals surface area contributed by atoms with Crippen molar-refractivity contribution in [2.45, 2.75) is 66.0 Å². The van der Waals surface area contributed by atoms with Crippen LogP contribution in [0, 0.1) is 13.8 Å². The van der Waals surface area contributed by atoms with Crippen LogP contribution in [-0.4, -0.2) is 62.9 Å². The van der Waals surface area contributed by atoms with Crippen LogP contribution in [0.2, 0.25) is 0 Å². The maximum absolute atomic E-state index is 12.8. The highest BCUT2D eigenvalue weighted by atomic mass is 16.6. The second kappa shape index (κ2) is 9.12. The molecular formula is C24H34N4O3. The molecule has 31 heavy (non-hydrogen) atoms. The molecule has 1 aliphatic rings. The first-order valence-electron chi connectivity index (χ1n) is 10.9. The third-order valence-corrected chi connectivity index (χ3v) is 5.42. The van der Waals surface area contributed by atoms with Crippen LogP contribution in [0.1, 0.15) is 51.1 Å². The zero-order valence-electron chi connectivity index (χ0n) is 19.5. The lowest BCUT2D eigenvalue weighted by molar-refractivity contribution is -0.135. The van der Waals surface area contributed by atoms with E-state index in [9.17, 15) is 9.59 Å². The van der Waals surface area contributed by atoms with Crippen LogP contribution < -0.4 is 0 Å². The molecule has 7 nitrogen and oxygen atoms in total. The summed E-state index contributed by atoms with van der Waals surface area (Å²) in [6.45, 7) is 13.1. The van der Waals surface area contributed by atoms with E-state index in [2.05, 4.69) is 23.3 Å². The van der Waals surface area contributed by atoms with E-state index >= 15 is 0 Å². The molecule has 0 bridgehead atoms. The predicted octanol–water partition coefficient (Wildman–Crippen LogP) is 3.89. The smallest absolute Gasteiger partial charge is 0.410 e. The number of hydrogen-bond donors (Lipinski definition) is 0. The molecule has 2 amide bonds. The lowest BCUT2D eigenvalue weighted by Crippen LogP contribution is -2.56. The van der Waals surface area contributed by atoms with E-state index in [4.69, 9.17) is 4.74 Å². The molecule has 2 heterocycles. The number of carbonyl (C=O) groups is 2. The number of ether oxygens (including phenoxy) is 1. The number of nitrogens with zero attached hydrogens (tertiary/aromatic N) is 4. The van der Waals surface area contributed by atoms with Gasteiger partial charge < -0.3 is 14.5 Å². The Balaban J connectivity index is 1.52. The van der Waals surface area contributed by atoms with Gasteiger partial charge in [-0.2, -0.15) is 5.10 Å². The van der Waals surface area contributed by atoms with Crippen molar-refractivity contribution in [2.24, 2.45) is 0 Å². The summed E-state index contributed by atoms with van der Waals surface area (Å²) < 4.78 is 7.38. The minimum absolute atomic E-state index is 0.0258. The lowest BCUT2D eigenvalue weighted by Gasteiger charge is -2.40.